The molecule has 1 amide bonds. The monoisotopic (exact) mass is 446 g/mol. The van der Waals surface area contributed by atoms with Crippen molar-refractivity contribution in [1.29, 1.82) is 5.26 Å². The number of ether oxygens (including phenoxy) is 1. The summed E-state index contributed by atoms with van der Waals surface area (Å²) in [4.78, 5) is 13.1. The smallest absolute Gasteiger partial charge is 0.410 e. The summed E-state index contributed by atoms with van der Waals surface area (Å²) in [6.45, 7) is 6.95. The van der Waals surface area contributed by atoms with E-state index in [2.05, 4.69) is 0 Å². The van der Waals surface area contributed by atoms with Gasteiger partial charge >= 0.3 is 16.2 Å². The molecule has 0 saturated carbocycles. The van der Waals surface area contributed by atoms with Crippen LogP contribution in [0.15, 0.2) is 47.4 Å². The second-order valence-electron chi connectivity index (χ2n) is 8.09. The van der Waals surface area contributed by atoms with Crippen molar-refractivity contribution in [2.45, 2.75) is 44.3 Å². The fourth-order valence-corrected chi connectivity index (χ4v) is 3.79. The average molecular weight is 447 g/mol. The molecule has 0 fully saturated rings. The van der Waals surface area contributed by atoms with E-state index in [4.69, 9.17) is 8.92 Å². The number of nitrogens with zero attached hydrogens (tertiary/aromatic N) is 2. The first-order valence-electron chi connectivity index (χ1n) is 9.50. The Morgan fingerprint density at radius 2 is 1.81 bits per heavy atom. The van der Waals surface area contributed by atoms with Crippen LogP contribution in [0.1, 0.15) is 43.6 Å². The molecule has 31 heavy (non-hydrogen) atoms. The highest BCUT2D eigenvalue weighted by atomic mass is 32.2. The zero-order valence-corrected chi connectivity index (χ0v) is 18.9. The summed E-state index contributed by atoms with van der Waals surface area (Å²) in [5.41, 5.74) is 0.480. The molecule has 0 aromatic heterocycles. The van der Waals surface area contributed by atoms with Gasteiger partial charge in [0.25, 0.3) is 0 Å². The summed E-state index contributed by atoms with van der Waals surface area (Å²) >= 11 is 0. The van der Waals surface area contributed by atoms with Crippen molar-refractivity contribution in [1.82, 2.24) is 4.90 Å². The van der Waals surface area contributed by atoms with Crippen LogP contribution in [0.5, 0.6) is 5.75 Å². The number of likely N-dealkylation sites (N-methyl/N-ethyl adjacent to an activating group) is 1. The summed E-state index contributed by atoms with van der Waals surface area (Å²) in [6.07, 6.45) is -1.57. The molecule has 0 heterocycles. The lowest BCUT2D eigenvalue weighted by Gasteiger charge is -2.26. The zero-order valence-electron chi connectivity index (χ0n) is 18.1. The third kappa shape index (κ3) is 6.70. The standard InChI is InChI=1S/C22H26N2O6S/c1-15-6-7-17(13-23)20(12-15)31(27,28)30-18-10-8-16(9-11-18)19(25)14-24(5)21(26)29-22(2,3)4/h6-12,19,25H,14H2,1-5H3. The minimum Gasteiger partial charge on any atom is -0.444 e. The highest BCUT2D eigenvalue weighted by Gasteiger charge is 2.23. The van der Waals surface area contributed by atoms with Crippen LogP contribution in [0, 0.1) is 18.3 Å². The lowest BCUT2D eigenvalue weighted by Crippen LogP contribution is -2.36. The van der Waals surface area contributed by atoms with Gasteiger partial charge in [-0.15, -0.1) is 0 Å². The van der Waals surface area contributed by atoms with Gasteiger partial charge in [0.05, 0.1) is 18.2 Å². The second-order valence-corrected chi connectivity index (χ2v) is 9.61. The summed E-state index contributed by atoms with van der Waals surface area (Å²) in [5, 5.41) is 19.6. The van der Waals surface area contributed by atoms with Crippen LogP contribution in [0.25, 0.3) is 0 Å². The molecule has 2 aromatic rings. The quantitative estimate of drug-likeness (QED) is 0.675. The fourth-order valence-electron chi connectivity index (χ4n) is 2.63. The molecule has 1 atom stereocenters. The van der Waals surface area contributed by atoms with E-state index in [1.54, 1.807) is 33.8 Å². The summed E-state index contributed by atoms with van der Waals surface area (Å²) in [6, 6.07) is 12.1. The van der Waals surface area contributed by atoms with Gasteiger partial charge in [0.15, 0.2) is 0 Å². The Balaban J connectivity index is 2.11. The number of aliphatic hydroxyl groups is 1. The predicted molar refractivity (Wildman–Crippen MR) is 114 cm³/mol. The highest BCUT2D eigenvalue weighted by molar-refractivity contribution is 7.87. The van der Waals surface area contributed by atoms with Crippen molar-refractivity contribution >= 4 is 16.2 Å². The van der Waals surface area contributed by atoms with Crippen LogP contribution >= 0.6 is 0 Å². The largest absolute Gasteiger partial charge is 0.444 e. The van der Waals surface area contributed by atoms with Gasteiger partial charge in [0.2, 0.25) is 0 Å². The number of aryl methyl sites for hydroxylation is 1. The van der Waals surface area contributed by atoms with Crippen LogP contribution in [0.2, 0.25) is 0 Å². The number of amides is 1. The van der Waals surface area contributed by atoms with E-state index in [-0.39, 0.29) is 22.8 Å². The van der Waals surface area contributed by atoms with Gasteiger partial charge in [0, 0.05) is 7.05 Å². The van der Waals surface area contributed by atoms with Crippen molar-refractivity contribution in [3.63, 3.8) is 0 Å². The minimum atomic E-state index is -4.21. The van der Waals surface area contributed by atoms with Gasteiger partial charge < -0.3 is 18.9 Å². The molecule has 166 valence electrons. The third-order valence-corrected chi connectivity index (χ3v) is 5.44. The Kier molecular flexibility index (Phi) is 7.31. The van der Waals surface area contributed by atoms with Crippen molar-refractivity contribution in [3.8, 4) is 11.8 Å². The molecule has 0 bridgehead atoms. The van der Waals surface area contributed by atoms with E-state index in [1.165, 1.54) is 48.3 Å². The number of benzene rings is 2. The molecule has 0 aliphatic carbocycles. The van der Waals surface area contributed by atoms with Crippen LogP contribution in [-0.2, 0) is 14.9 Å². The van der Waals surface area contributed by atoms with Gasteiger partial charge in [0.1, 0.15) is 22.3 Å². The number of rotatable bonds is 6. The maximum Gasteiger partial charge on any atom is 0.410 e. The Hall–Kier alpha value is -3.09. The van der Waals surface area contributed by atoms with Gasteiger partial charge in [-0.25, -0.2) is 4.79 Å². The van der Waals surface area contributed by atoms with E-state index in [1.807, 2.05) is 6.07 Å². The van der Waals surface area contributed by atoms with Gasteiger partial charge in [-0.2, -0.15) is 13.7 Å². The van der Waals surface area contributed by atoms with Gasteiger partial charge in [-0.1, -0.05) is 18.2 Å². The lowest BCUT2D eigenvalue weighted by molar-refractivity contribution is 0.0205. The first-order chi connectivity index (χ1) is 14.3. The molecule has 9 heteroatoms. The van der Waals surface area contributed by atoms with Crippen LogP contribution in [-0.4, -0.2) is 43.7 Å². The Morgan fingerprint density at radius 3 is 2.35 bits per heavy atom. The molecule has 2 aromatic carbocycles. The zero-order chi connectivity index (χ0) is 23.4. The van der Waals surface area contributed by atoms with E-state index in [0.717, 1.165) is 0 Å². The molecular weight excluding hydrogens is 420 g/mol. The summed E-state index contributed by atoms with van der Waals surface area (Å²) in [5.74, 6) is 0.0295. The lowest BCUT2D eigenvalue weighted by atomic mass is 10.1. The van der Waals surface area contributed by atoms with Crippen LogP contribution in [0.3, 0.4) is 0 Å². The number of aliphatic hydroxyl groups excluding tert-OH is 1. The van der Waals surface area contributed by atoms with E-state index in [0.29, 0.717) is 11.1 Å². The molecule has 2 rings (SSSR count). The Labute approximate surface area is 182 Å². The first-order valence-corrected chi connectivity index (χ1v) is 10.9. The number of nitriles is 1. The predicted octanol–water partition coefficient (Wildman–Crippen LogP) is 3.53. The molecule has 1 unspecified atom stereocenters. The third-order valence-electron chi connectivity index (χ3n) is 4.15. The summed E-state index contributed by atoms with van der Waals surface area (Å²) < 4.78 is 35.6. The molecule has 0 radical (unpaired) electrons. The summed E-state index contributed by atoms with van der Waals surface area (Å²) in [7, 11) is -2.70. The van der Waals surface area contributed by atoms with Crippen molar-refractivity contribution < 1.29 is 27.2 Å². The first kappa shape index (κ1) is 24.2. The maximum atomic E-state index is 12.6. The van der Waals surface area contributed by atoms with E-state index in [9.17, 15) is 23.6 Å². The number of hydrogen-bond donors (Lipinski definition) is 1. The Bertz CT molecular complexity index is 1080. The fraction of sp³-hybridized carbons (Fsp3) is 0.364. The maximum absolute atomic E-state index is 12.6. The SMILES string of the molecule is Cc1ccc(C#N)c(S(=O)(=O)Oc2ccc(C(O)CN(C)C(=O)OC(C)(C)C)cc2)c1. The highest BCUT2D eigenvalue weighted by Crippen LogP contribution is 2.24. The van der Waals surface area contributed by atoms with Crippen molar-refractivity contribution in [2.75, 3.05) is 13.6 Å². The molecule has 1 N–H and O–H groups in total. The Morgan fingerprint density at radius 1 is 1.19 bits per heavy atom. The number of hydrogen-bond acceptors (Lipinski definition) is 7. The van der Waals surface area contributed by atoms with Crippen LogP contribution < -0.4 is 4.18 Å². The molecule has 8 nitrogen and oxygen atoms in total. The molecule has 0 aliphatic rings. The molecular formula is C22H26N2O6S. The van der Waals surface area contributed by atoms with Crippen LogP contribution in [0.4, 0.5) is 4.79 Å². The van der Waals surface area contributed by atoms with Crippen molar-refractivity contribution in [3.05, 3.63) is 59.2 Å². The topological polar surface area (TPSA) is 117 Å². The van der Waals surface area contributed by atoms with Gasteiger partial charge in [-0.05, 0) is 63.1 Å². The second kappa shape index (κ2) is 9.37. The van der Waals surface area contributed by atoms with Gasteiger partial charge in [-0.3, -0.25) is 0 Å². The van der Waals surface area contributed by atoms with E-state index < -0.39 is 27.9 Å². The average Bonchev–Trinajstić information content (AvgIpc) is 2.66. The minimum absolute atomic E-state index is 0.0113. The van der Waals surface area contributed by atoms with Crippen molar-refractivity contribution in [2.24, 2.45) is 0 Å². The molecule has 0 spiro atoms. The normalized spacial score (nSPS) is 12.5. The molecule has 0 aliphatic heterocycles. The molecule has 0 saturated heterocycles. The van der Waals surface area contributed by atoms with E-state index >= 15 is 0 Å². The number of carbonyl (C=O) groups excluding carboxylic acids is 1. The number of carbonyl (C=O) groups is 1.